The molecule has 0 fully saturated rings. The minimum Gasteiger partial charge on any atom is -0.497 e. The van der Waals surface area contributed by atoms with Gasteiger partial charge in [-0.2, -0.15) is 0 Å². The van der Waals surface area contributed by atoms with E-state index in [0.29, 0.717) is 0 Å². The van der Waals surface area contributed by atoms with Crippen molar-refractivity contribution in [3.05, 3.63) is 29.8 Å². The predicted octanol–water partition coefficient (Wildman–Crippen LogP) is 2.25. The van der Waals surface area contributed by atoms with Gasteiger partial charge in [0.05, 0.1) is 13.2 Å². The lowest BCUT2D eigenvalue weighted by molar-refractivity contribution is 0.275. The lowest BCUT2D eigenvalue weighted by atomic mass is 9.83. The monoisotopic (exact) mass is 208 g/mol. The molecule has 0 radical (unpaired) electrons. The van der Waals surface area contributed by atoms with Gasteiger partial charge in [0.1, 0.15) is 5.75 Å². The standard InChI is InChI=1S/C12H20N2O/c1-12(2,3)11(14-13)9-6-5-7-10(8-9)15-4/h5-8,11,14H,13H2,1-4H3. The van der Waals surface area contributed by atoms with Crippen LogP contribution in [0.3, 0.4) is 0 Å². The van der Waals surface area contributed by atoms with Gasteiger partial charge < -0.3 is 4.74 Å². The van der Waals surface area contributed by atoms with Crippen molar-refractivity contribution in [3.8, 4) is 5.75 Å². The summed E-state index contributed by atoms with van der Waals surface area (Å²) < 4.78 is 5.19. The highest BCUT2D eigenvalue weighted by Crippen LogP contribution is 2.33. The third-order valence-corrected chi connectivity index (χ3v) is 2.46. The summed E-state index contributed by atoms with van der Waals surface area (Å²) in [6.45, 7) is 6.45. The second kappa shape index (κ2) is 4.64. The number of nitrogens with one attached hydrogen (secondary N) is 1. The van der Waals surface area contributed by atoms with Crippen molar-refractivity contribution in [2.45, 2.75) is 26.8 Å². The molecule has 3 N–H and O–H groups in total. The molecule has 0 saturated carbocycles. The minimum atomic E-state index is 0.0706. The number of hydrogen-bond acceptors (Lipinski definition) is 3. The highest BCUT2D eigenvalue weighted by molar-refractivity contribution is 5.31. The molecule has 3 nitrogen and oxygen atoms in total. The van der Waals surface area contributed by atoms with Crippen LogP contribution < -0.4 is 16.0 Å². The number of ether oxygens (including phenoxy) is 1. The summed E-state index contributed by atoms with van der Waals surface area (Å²) in [5.74, 6) is 6.45. The van der Waals surface area contributed by atoms with Crippen molar-refractivity contribution >= 4 is 0 Å². The summed E-state index contributed by atoms with van der Waals surface area (Å²) in [5, 5.41) is 0. The SMILES string of the molecule is COc1cccc(C(NN)C(C)(C)C)c1. The maximum Gasteiger partial charge on any atom is 0.119 e. The van der Waals surface area contributed by atoms with Crippen LogP contribution >= 0.6 is 0 Å². The van der Waals surface area contributed by atoms with Crippen molar-refractivity contribution in [2.24, 2.45) is 11.3 Å². The van der Waals surface area contributed by atoms with Crippen LogP contribution in [0.4, 0.5) is 0 Å². The molecule has 0 heterocycles. The zero-order valence-corrected chi connectivity index (χ0v) is 9.87. The summed E-state index contributed by atoms with van der Waals surface area (Å²) >= 11 is 0. The molecule has 1 unspecified atom stereocenters. The molecule has 0 aliphatic heterocycles. The van der Waals surface area contributed by atoms with Gasteiger partial charge in [-0.15, -0.1) is 0 Å². The lowest BCUT2D eigenvalue weighted by Gasteiger charge is -2.30. The van der Waals surface area contributed by atoms with Crippen LogP contribution in [0.25, 0.3) is 0 Å². The average molecular weight is 208 g/mol. The van der Waals surface area contributed by atoms with Crippen LogP contribution in [0.2, 0.25) is 0 Å². The first kappa shape index (κ1) is 12.0. The number of methoxy groups -OCH3 is 1. The lowest BCUT2D eigenvalue weighted by Crippen LogP contribution is -2.36. The first-order valence-corrected chi connectivity index (χ1v) is 5.09. The van der Waals surface area contributed by atoms with E-state index in [0.717, 1.165) is 11.3 Å². The van der Waals surface area contributed by atoms with Gasteiger partial charge in [0.2, 0.25) is 0 Å². The topological polar surface area (TPSA) is 47.3 Å². The van der Waals surface area contributed by atoms with Crippen LogP contribution in [0.15, 0.2) is 24.3 Å². The summed E-state index contributed by atoms with van der Waals surface area (Å²) in [4.78, 5) is 0. The molecule has 0 bridgehead atoms. The van der Waals surface area contributed by atoms with E-state index in [1.807, 2.05) is 18.2 Å². The number of hydrogen-bond donors (Lipinski definition) is 2. The van der Waals surface area contributed by atoms with E-state index in [1.165, 1.54) is 0 Å². The first-order chi connectivity index (χ1) is 6.99. The quantitative estimate of drug-likeness (QED) is 0.591. The summed E-state index contributed by atoms with van der Waals surface area (Å²) in [6, 6.07) is 8.09. The molecule has 15 heavy (non-hydrogen) atoms. The van der Waals surface area contributed by atoms with Crippen LogP contribution in [-0.2, 0) is 0 Å². The molecule has 0 aliphatic carbocycles. The summed E-state index contributed by atoms with van der Waals surface area (Å²) in [5.41, 5.74) is 4.07. The first-order valence-electron chi connectivity index (χ1n) is 5.09. The Balaban J connectivity index is 3.02. The highest BCUT2D eigenvalue weighted by atomic mass is 16.5. The van der Waals surface area contributed by atoms with Crippen molar-refractivity contribution in [3.63, 3.8) is 0 Å². The van der Waals surface area contributed by atoms with Gasteiger partial charge in [0.25, 0.3) is 0 Å². The Kier molecular flexibility index (Phi) is 3.72. The van der Waals surface area contributed by atoms with Gasteiger partial charge >= 0.3 is 0 Å². The minimum absolute atomic E-state index is 0.0706. The maximum atomic E-state index is 5.59. The van der Waals surface area contributed by atoms with Gasteiger partial charge in [-0.3, -0.25) is 11.3 Å². The Morgan fingerprint density at radius 1 is 1.33 bits per heavy atom. The number of hydrazine groups is 1. The average Bonchev–Trinajstić information content (AvgIpc) is 2.17. The van der Waals surface area contributed by atoms with E-state index in [1.54, 1.807) is 7.11 Å². The largest absolute Gasteiger partial charge is 0.497 e. The fraction of sp³-hybridized carbons (Fsp3) is 0.500. The van der Waals surface area contributed by atoms with Crippen molar-refractivity contribution in [1.29, 1.82) is 0 Å². The number of nitrogens with two attached hydrogens (primary N) is 1. The zero-order valence-electron chi connectivity index (χ0n) is 9.87. The van der Waals surface area contributed by atoms with E-state index in [-0.39, 0.29) is 11.5 Å². The molecule has 0 aromatic heterocycles. The summed E-state index contributed by atoms with van der Waals surface area (Å²) in [6.07, 6.45) is 0. The van der Waals surface area contributed by atoms with Gasteiger partial charge in [0.15, 0.2) is 0 Å². The van der Waals surface area contributed by atoms with Crippen molar-refractivity contribution < 1.29 is 4.74 Å². The molecule has 1 rings (SSSR count). The molecule has 1 atom stereocenters. The molecular weight excluding hydrogens is 188 g/mol. The second-order valence-electron chi connectivity index (χ2n) is 4.74. The second-order valence-corrected chi connectivity index (χ2v) is 4.74. The molecule has 0 saturated heterocycles. The Bertz CT molecular complexity index is 318. The van der Waals surface area contributed by atoms with Gasteiger partial charge in [-0.05, 0) is 23.1 Å². The van der Waals surface area contributed by atoms with Crippen LogP contribution in [0.1, 0.15) is 32.4 Å². The normalized spacial score (nSPS) is 13.7. The van der Waals surface area contributed by atoms with E-state index in [4.69, 9.17) is 10.6 Å². The van der Waals surface area contributed by atoms with E-state index >= 15 is 0 Å². The zero-order chi connectivity index (χ0) is 11.5. The maximum absolute atomic E-state index is 5.59. The van der Waals surface area contributed by atoms with Gasteiger partial charge in [0, 0.05) is 0 Å². The Hall–Kier alpha value is -1.06. The molecule has 3 heteroatoms. The smallest absolute Gasteiger partial charge is 0.119 e. The Morgan fingerprint density at radius 3 is 2.47 bits per heavy atom. The van der Waals surface area contributed by atoms with E-state index in [2.05, 4.69) is 32.3 Å². The van der Waals surface area contributed by atoms with Crippen LogP contribution in [0.5, 0.6) is 5.75 Å². The van der Waals surface area contributed by atoms with Gasteiger partial charge in [-0.1, -0.05) is 32.9 Å². The molecule has 1 aromatic rings. The molecule has 0 amide bonds. The number of rotatable bonds is 3. The Labute approximate surface area is 91.6 Å². The fourth-order valence-corrected chi connectivity index (χ4v) is 1.67. The molecule has 84 valence electrons. The Morgan fingerprint density at radius 2 is 2.00 bits per heavy atom. The third kappa shape index (κ3) is 2.94. The molecule has 1 aromatic carbocycles. The van der Waals surface area contributed by atoms with Crippen LogP contribution in [0, 0.1) is 5.41 Å². The van der Waals surface area contributed by atoms with Crippen molar-refractivity contribution in [2.75, 3.05) is 7.11 Å². The molecule has 0 aliphatic rings. The van der Waals surface area contributed by atoms with E-state index < -0.39 is 0 Å². The fourth-order valence-electron chi connectivity index (χ4n) is 1.67. The molecule has 0 spiro atoms. The highest BCUT2D eigenvalue weighted by Gasteiger charge is 2.25. The van der Waals surface area contributed by atoms with E-state index in [9.17, 15) is 0 Å². The third-order valence-electron chi connectivity index (χ3n) is 2.46. The summed E-state index contributed by atoms with van der Waals surface area (Å²) in [7, 11) is 1.67. The number of benzene rings is 1. The molecular formula is C12H20N2O. The van der Waals surface area contributed by atoms with Gasteiger partial charge in [-0.25, -0.2) is 0 Å². The van der Waals surface area contributed by atoms with Crippen LogP contribution in [-0.4, -0.2) is 7.11 Å². The predicted molar refractivity (Wildman–Crippen MR) is 62.5 cm³/mol. The van der Waals surface area contributed by atoms with Crippen molar-refractivity contribution in [1.82, 2.24) is 5.43 Å².